The van der Waals surface area contributed by atoms with Crippen LogP contribution in [0.1, 0.15) is 58.8 Å². The molecule has 2 saturated carbocycles. The van der Waals surface area contributed by atoms with E-state index in [4.69, 9.17) is 4.74 Å². The van der Waals surface area contributed by atoms with Gasteiger partial charge in [0.2, 0.25) is 0 Å². The van der Waals surface area contributed by atoms with Crippen molar-refractivity contribution in [1.29, 1.82) is 0 Å². The van der Waals surface area contributed by atoms with Crippen LogP contribution in [0.3, 0.4) is 0 Å². The van der Waals surface area contributed by atoms with Gasteiger partial charge >= 0.3 is 6.01 Å². The Morgan fingerprint density at radius 2 is 1.97 bits per heavy atom. The number of anilines is 1. The van der Waals surface area contributed by atoms with Crippen LogP contribution in [-0.2, 0) is 0 Å². The number of aromatic hydroxyl groups is 1. The van der Waals surface area contributed by atoms with Crippen molar-refractivity contribution in [2.45, 2.75) is 77.0 Å². The fourth-order valence-corrected chi connectivity index (χ4v) is 5.26. The Labute approximate surface area is 215 Å². The number of ether oxygens (including phenoxy) is 1. The van der Waals surface area contributed by atoms with Crippen molar-refractivity contribution < 1.29 is 18.6 Å². The standard InChI is InChI=1S/C27H32F2N6O2/c1-4-27(2)11-5-6-19(28)21(13-27)35(17-8-9-17)23-15-30-25(34-33-23)18-10-7-16(12-22(18)36)24-20(29)14-31-26(32-24)37-3/h7,10,12,14-15,17,19,21,36H,4-6,8-9,11,13H2,1-3H3/t19-,21+,27+/m0/s1. The maximum atomic E-state index is 15.4. The predicted molar refractivity (Wildman–Crippen MR) is 136 cm³/mol. The zero-order valence-corrected chi connectivity index (χ0v) is 21.4. The van der Waals surface area contributed by atoms with E-state index in [1.165, 1.54) is 13.2 Å². The molecule has 0 aliphatic heterocycles. The number of methoxy groups -OCH3 is 1. The van der Waals surface area contributed by atoms with E-state index in [1.54, 1.807) is 18.3 Å². The molecular weight excluding hydrogens is 478 g/mol. The number of rotatable bonds is 7. The van der Waals surface area contributed by atoms with Crippen LogP contribution in [-0.4, -0.2) is 55.6 Å². The molecule has 10 heteroatoms. The largest absolute Gasteiger partial charge is 0.507 e. The van der Waals surface area contributed by atoms with Crippen molar-refractivity contribution >= 4 is 5.82 Å². The van der Waals surface area contributed by atoms with Gasteiger partial charge in [0.15, 0.2) is 17.5 Å². The zero-order valence-electron chi connectivity index (χ0n) is 21.4. The third kappa shape index (κ3) is 5.19. The third-order valence-corrected chi connectivity index (χ3v) is 7.76. The molecule has 2 aromatic heterocycles. The Kier molecular flexibility index (Phi) is 6.92. The summed E-state index contributed by atoms with van der Waals surface area (Å²) in [5.74, 6) is -0.000480. The highest BCUT2D eigenvalue weighted by Gasteiger charge is 2.43. The topological polar surface area (TPSA) is 97.2 Å². The number of hydrogen-bond acceptors (Lipinski definition) is 8. The first-order valence-electron chi connectivity index (χ1n) is 12.8. The number of hydrogen-bond donors (Lipinski definition) is 1. The van der Waals surface area contributed by atoms with E-state index in [0.29, 0.717) is 23.4 Å². The van der Waals surface area contributed by atoms with Gasteiger partial charge in [-0.3, -0.25) is 0 Å². The minimum Gasteiger partial charge on any atom is -0.507 e. The Balaban J connectivity index is 1.42. The molecule has 0 saturated heterocycles. The lowest BCUT2D eigenvalue weighted by Crippen LogP contribution is -2.45. The number of benzene rings is 1. The summed E-state index contributed by atoms with van der Waals surface area (Å²) in [5, 5.41) is 19.4. The first kappa shape index (κ1) is 25.2. The quantitative estimate of drug-likeness (QED) is 0.415. The highest BCUT2D eigenvalue weighted by Crippen LogP contribution is 2.44. The summed E-state index contributed by atoms with van der Waals surface area (Å²) in [4.78, 5) is 14.3. The summed E-state index contributed by atoms with van der Waals surface area (Å²) < 4.78 is 34.6. The van der Waals surface area contributed by atoms with Crippen molar-refractivity contribution in [3.63, 3.8) is 0 Å². The van der Waals surface area contributed by atoms with Gasteiger partial charge in [-0.25, -0.2) is 18.7 Å². The van der Waals surface area contributed by atoms with Gasteiger partial charge < -0.3 is 14.7 Å². The molecule has 3 aromatic rings. The smallest absolute Gasteiger partial charge is 0.316 e. The highest BCUT2D eigenvalue weighted by molar-refractivity contribution is 5.71. The van der Waals surface area contributed by atoms with Gasteiger partial charge in [-0.05, 0) is 56.1 Å². The SMILES string of the molecule is CC[C@]1(C)CCC[C@H](F)[C@H](N(c2cnc(-c3ccc(-c4nc(OC)ncc4F)cc3O)nn2)C2CC2)C1. The van der Waals surface area contributed by atoms with Gasteiger partial charge in [0, 0.05) is 11.6 Å². The van der Waals surface area contributed by atoms with E-state index in [2.05, 4.69) is 43.9 Å². The summed E-state index contributed by atoms with van der Waals surface area (Å²) in [6.45, 7) is 4.44. The number of aromatic nitrogens is 5. The van der Waals surface area contributed by atoms with E-state index in [0.717, 1.165) is 44.7 Å². The summed E-state index contributed by atoms with van der Waals surface area (Å²) in [7, 11) is 1.39. The molecule has 0 radical (unpaired) electrons. The van der Waals surface area contributed by atoms with Gasteiger partial charge in [0.05, 0.1) is 31.1 Å². The van der Waals surface area contributed by atoms with Gasteiger partial charge in [0.1, 0.15) is 17.6 Å². The molecular formula is C27H32F2N6O2. The monoisotopic (exact) mass is 510 g/mol. The van der Waals surface area contributed by atoms with Crippen LogP contribution in [0.5, 0.6) is 11.8 Å². The van der Waals surface area contributed by atoms with Crippen molar-refractivity contribution in [3.8, 4) is 34.4 Å². The maximum Gasteiger partial charge on any atom is 0.316 e. The van der Waals surface area contributed by atoms with E-state index in [-0.39, 0.29) is 40.8 Å². The van der Waals surface area contributed by atoms with Gasteiger partial charge in [-0.1, -0.05) is 26.3 Å². The van der Waals surface area contributed by atoms with Gasteiger partial charge in [0.25, 0.3) is 0 Å². The average molecular weight is 511 g/mol. The van der Waals surface area contributed by atoms with Crippen LogP contribution in [0.2, 0.25) is 0 Å². The minimum absolute atomic E-state index is 0.00595. The Morgan fingerprint density at radius 3 is 2.62 bits per heavy atom. The fourth-order valence-electron chi connectivity index (χ4n) is 5.26. The third-order valence-electron chi connectivity index (χ3n) is 7.76. The molecule has 0 spiro atoms. The van der Waals surface area contributed by atoms with Crippen LogP contribution < -0.4 is 9.64 Å². The molecule has 3 atom stereocenters. The number of phenols is 1. The van der Waals surface area contributed by atoms with E-state index in [1.807, 2.05) is 0 Å². The molecule has 1 aromatic carbocycles. The highest BCUT2D eigenvalue weighted by atomic mass is 19.1. The molecule has 37 heavy (non-hydrogen) atoms. The molecule has 0 amide bonds. The van der Waals surface area contributed by atoms with Crippen molar-refractivity contribution in [3.05, 3.63) is 36.4 Å². The summed E-state index contributed by atoms with van der Waals surface area (Å²) >= 11 is 0. The minimum atomic E-state index is -0.923. The van der Waals surface area contributed by atoms with Crippen LogP contribution in [0.25, 0.3) is 22.6 Å². The average Bonchev–Trinajstić information content (AvgIpc) is 3.75. The Bertz CT molecular complexity index is 1260. The normalized spacial score (nSPS) is 23.9. The van der Waals surface area contributed by atoms with Gasteiger partial charge in [-0.15, -0.1) is 10.2 Å². The first-order chi connectivity index (χ1) is 17.8. The van der Waals surface area contributed by atoms with E-state index < -0.39 is 12.0 Å². The van der Waals surface area contributed by atoms with E-state index in [9.17, 15) is 9.50 Å². The fraction of sp³-hybridized carbons (Fsp3) is 0.519. The second-order valence-corrected chi connectivity index (χ2v) is 10.4. The van der Waals surface area contributed by atoms with Crippen molar-refractivity contribution in [2.24, 2.45) is 5.41 Å². The van der Waals surface area contributed by atoms with Crippen LogP contribution >= 0.6 is 0 Å². The van der Waals surface area contributed by atoms with Gasteiger partial charge in [-0.2, -0.15) is 4.98 Å². The lowest BCUT2D eigenvalue weighted by molar-refractivity contribution is 0.209. The Hall–Kier alpha value is -3.43. The lowest BCUT2D eigenvalue weighted by atomic mass is 9.78. The molecule has 2 heterocycles. The number of alkyl halides is 1. The Morgan fingerprint density at radius 1 is 1.16 bits per heavy atom. The molecule has 0 unspecified atom stereocenters. The lowest BCUT2D eigenvalue weighted by Gasteiger charge is -2.38. The van der Waals surface area contributed by atoms with Crippen LogP contribution in [0.15, 0.2) is 30.6 Å². The molecule has 1 N–H and O–H groups in total. The summed E-state index contributed by atoms with van der Waals surface area (Å²) in [5.41, 5.74) is 0.801. The molecule has 2 aliphatic carbocycles. The first-order valence-corrected chi connectivity index (χ1v) is 12.8. The van der Waals surface area contributed by atoms with Crippen LogP contribution in [0.4, 0.5) is 14.6 Å². The molecule has 0 bridgehead atoms. The number of phenolic OH excluding ortho intramolecular Hbond substituents is 1. The summed E-state index contributed by atoms with van der Waals surface area (Å²) in [6.07, 6.45) is 7.98. The second-order valence-electron chi connectivity index (χ2n) is 10.4. The second kappa shape index (κ2) is 10.1. The zero-order chi connectivity index (χ0) is 26.2. The molecule has 2 aliphatic rings. The van der Waals surface area contributed by atoms with Crippen molar-refractivity contribution in [1.82, 2.24) is 25.1 Å². The van der Waals surface area contributed by atoms with Crippen LogP contribution in [0, 0.1) is 11.2 Å². The molecule has 2 fully saturated rings. The summed E-state index contributed by atoms with van der Waals surface area (Å²) in [6, 6.07) is 4.60. The number of halogens is 2. The molecule has 5 rings (SSSR count). The maximum absolute atomic E-state index is 15.4. The predicted octanol–water partition coefficient (Wildman–Crippen LogP) is 5.51. The number of nitrogens with zero attached hydrogens (tertiary/aromatic N) is 6. The molecule has 8 nitrogen and oxygen atoms in total. The van der Waals surface area contributed by atoms with E-state index >= 15 is 4.39 Å². The van der Waals surface area contributed by atoms with Crippen molar-refractivity contribution in [2.75, 3.05) is 12.0 Å². The molecule has 196 valence electrons.